The van der Waals surface area contributed by atoms with Crippen molar-refractivity contribution >= 4 is 27.3 Å². The number of methoxy groups -OCH3 is 1. The molecule has 0 saturated heterocycles. The van der Waals surface area contributed by atoms with E-state index in [1.807, 2.05) is 33.8 Å². The van der Waals surface area contributed by atoms with Gasteiger partial charge in [-0.2, -0.15) is 0 Å². The van der Waals surface area contributed by atoms with Crippen LogP contribution in [-0.4, -0.2) is 33.6 Å². The predicted molar refractivity (Wildman–Crippen MR) is 108 cm³/mol. The Morgan fingerprint density at radius 2 is 2.00 bits per heavy atom. The van der Waals surface area contributed by atoms with Gasteiger partial charge in [0.1, 0.15) is 4.83 Å². The van der Waals surface area contributed by atoms with Crippen LogP contribution in [-0.2, 0) is 11.3 Å². The number of thiophene rings is 1. The molecule has 0 aliphatic heterocycles. The van der Waals surface area contributed by atoms with Crippen molar-refractivity contribution in [1.29, 1.82) is 0 Å². The van der Waals surface area contributed by atoms with Crippen LogP contribution in [0, 0.1) is 27.7 Å². The summed E-state index contributed by atoms with van der Waals surface area (Å²) in [6.07, 6.45) is 1.48. The molecule has 0 saturated carbocycles. The molecule has 7 heteroatoms. The van der Waals surface area contributed by atoms with Gasteiger partial charge in [0.25, 0.3) is 5.56 Å². The highest BCUT2D eigenvalue weighted by molar-refractivity contribution is 7.18. The van der Waals surface area contributed by atoms with Gasteiger partial charge in [-0.15, -0.1) is 11.3 Å². The Morgan fingerprint density at radius 1 is 1.30 bits per heavy atom. The zero-order valence-electron chi connectivity index (χ0n) is 16.6. The number of nitrogens with zero attached hydrogens (tertiary/aromatic N) is 3. The van der Waals surface area contributed by atoms with E-state index in [1.165, 1.54) is 22.2 Å². The van der Waals surface area contributed by atoms with Gasteiger partial charge in [0.2, 0.25) is 0 Å². The standard InChI is InChI=1S/C20H25N3O3S/c1-11-7-16(14(4)23(11)12(2)9-26-6)17(24)8-22-10-21-19-18(20(22)25)13(3)15(5)27-19/h7,10,12H,8-9H2,1-6H3/t12-/m1/s1. The number of aryl methyl sites for hydroxylation is 3. The van der Waals surface area contributed by atoms with Crippen molar-refractivity contribution in [3.8, 4) is 0 Å². The number of carbonyl (C=O) groups is 1. The maximum Gasteiger partial charge on any atom is 0.262 e. The maximum absolute atomic E-state index is 12.9. The number of hydrogen-bond donors (Lipinski definition) is 0. The molecule has 0 N–H and O–H groups in total. The van der Waals surface area contributed by atoms with Crippen LogP contribution >= 0.6 is 11.3 Å². The lowest BCUT2D eigenvalue weighted by molar-refractivity contribution is 0.0969. The zero-order valence-corrected chi connectivity index (χ0v) is 17.4. The first kappa shape index (κ1) is 19.5. The molecule has 6 nitrogen and oxygen atoms in total. The van der Waals surface area contributed by atoms with Gasteiger partial charge in [0.15, 0.2) is 5.78 Å². The fourth-order valence-corrected chi connectivity index (χ4v) is 4.66. The van der Waals surface area contributed by atoms with Crippen molar-refractivity contribution < 1.29 is 9.53 Å². The Bertz CT molecular complexity index is 1070. The number of hydrogen-bond acceptors (Lipinski definition) is 5. The summed E-state index contributed by atoms with van der Waals surface area (Å²) in [5, 5.41) is 0.618. The number of carbonyl (C=O) groups excluding carboxylic acids is 1. The van der Waals surface area contributed by atoms with Gasteiger partial charge < -0.3 is 9.30 Å². The smallest absolute Gasteiger partial charge is 0.262 e. The molecular weight excluding hydrogens is 362 g/mol. The van der Waals surface area contributed by atoms with Gasteiger partial charge >= 0.3 is 0 Å². The van der Waals surface area contributed by atoms with E-state index in [2.05, 4.69) is 16.5 Å². The molecule has 0 unspecified atom stereocenters. The van der Waals surface area contributed by atoms with Crippen molar-refractivity contribution in [2.24, 2.45) is 0 Å². The molecule has 144 valence electrons. The molecule has 3 heterocycles. The molecule has 0 aromatic carbocycles. The lowest BCUT2D eigenvalue weighted by Gasteiger charge is -2.17. The van der Waals surface area contributed by atoms with E-state index in [-0.39, 0.29) is 23.9 Å². The molecule has 3 aromatic rings. The molecule has 0 aliphatic carbocycles. The Balaban J connectivity index is 1.96. The largest absolute Gasteiger partial charge is 0.383 e. The van der Waals surface area contributed by atoms with E-state index in [0.717, 1.165) is 26.7 Å². The van der Waals surface area contributed by atoms with Gasteiger partial charge in [-0.3, -0.25) is 14.2 Å². The van der Waals surface area contributed by atoms with E-state index in [4.69, 9.17) is 4.74 Å². The van der Waals surface area contributed by atoms with Gasteiger partial charge in [0.05, 0.1) is 30.9 Å². The fraction of sp³-hybridized carbons (Fsp3) is 0.450. The van der Waals surface area contributed by atoms with Gasteiger partial charge in [-0.1, -0.05) is 0 Å². The molecule has 0 fully saturated rings. The summed E-state index contributed by atoms with van der Waals surface area (Å²) >= 11 is 1.51. The number of ketones is 1. The van der Waals surface area contributed by atoms with E-state index < -0.39 is 0 Å². The quantitative estimate of drug-likeness (QED) is 0.606. The topological polar surface area (TPSA) is 66.1 Å². The van der Waals surface area contributed by atoms with Crippen molar-refractivity contribution in [3.05, 3.63) is 50.1 Å². The summed E-state index contributed by atoms with van der Waals surface area (Å²) in [6.45, 7) is 10.4. The molecule has 3 aromatic heterocycles. The van der Waals surface area contributed by atoms with Crippen LogP contribution < -0.4 is 5.56 Å². The van der Waals surface area contributed by atoms with Crippen LogP contribution in [0.15, 0.2) is 17.2 Å². The first-order chi connectivity index (χ1) is 12.8. The molecule has 27 heavy (non-hydrogen) atoms. The molecule has 0 spiro atoms. The second kappa shape index (κ2) is 7.40. The maximum atomic E-state index is 12.9. The average molecular weight is 388 g/mol. The minimum Gasteiger partial charge on any atom is -0.383 e. The number of Topliss-reactive ketones (excluding diaryl/α,β-unsaturated/α-hetero) is 1. The van der Waals surface area contributed by atoms with Gasteiger partial charge in [-0.05, 0) is 46.2 Å². The highest BCUT2D eigenvalue weighted by Gasteiger charge is 2.20. The zero-order chi connectivity index (χ0) is 19.9. The van der Waals surface area contributed by atoms with Crippen molar-refractivity contribution in [3.63, 3.8) is 0 Å². The molecular formula is C20H25N3O3S. The number of aromatic nitrogens is 3. The van der Waals surface area contributed by atoms with E-state index >= 15 is 0 Å². The highest BCUT2D eigenvalue weighted by atomic mass is 32.1. The number of ether oxygens (including phenoxy) is 1. The lowest BCUT2D eigenvalue weighted by atomic mass is 10.1. The van der Waals surface area contributed by atoms with E-state index in [1.54, 1.807) is 7.11 Å². The fourth-order valence-electron chi connectivity index (χ4n) is 3.68. The van der Waals surface area contributed by atoms with Crippen molar-refractivity contribution in [1.82, 2.24) is 14.1 Å². The monoisotopic (exact) mass is 387 g/mol. The molecule has 0 radical (unpaired) electrons. The minimum atomic E-state index is -0.156. The molecule has 3 rings (SSSR count). The van der Waals surface area contributed by atoms with E-state index in [9.17, 15) is 9.59 Å². The molecule has 0 aliphatic rings. The average Bonchev–Trinajstić information content (AvgIpc) is 3.07. The van der Waals surface area contributed by atoms with Crippen molar-refractivity contribution in [2.75, 3.05) is 13.7 Å². The Hall–Kier alpha value is -2.25. The van der Waals surface area contributed by atoms with Crippen LogP contribution in [0.5, 0.6) is 0 Å². The van der Waals surface area contributed by atoms with Gasteiger partial charge in [-0.25, -0.2) is 4.98 Å². The molecule has 0 amide bonds. The summed E-state index contributed by atoms with van der Waals surface area (Å²) in [4.78, 5) is 31.9. The second-order valence-electron chi connectivity index (χ2n) is 7.02. The predicted octanol–water partition coefficient (Wildman–Crippen LogP) is 3.58. The molecule has 1 atom stereocenters. The normalized spacial score (nSPS) is 12.7. The van der Waals surface area contributed by atoms with Gasteiger partial charge in [0, 0.05) is 28.9 Å². The van der Waals surface area contributed by atoms with E-state index in [0.29, 0.717) is 17.6 Å². The third-order valence-corrected chi connectivity index (χ3v) is 6.22. The van der Waals surface area contributed by atoms with Crippen LogP contribution in [0.4, 0.5) is 0 Å². The Labute approximate surface area is 162 Å². The minimum absolute atomic E-state index is 0.0148. The number of rotatable bonds is 6. The van der Waals surface area contributed by atoms with Crippen LogP contribution in [0.2, 0.25) is 0 Å². The van der Waals surface area contributed by atoms with Crippen LogP contribution in [0.1, 0.15) is 45.2 Å². The SMILES string of the molecule is COC[C@@H](C)n1c(C)cc(C(=O)Cn2cnc3sc(C)c(C)c3c2=O)c1C. The summed E-state index contributed by atoms with van der Waals surface area (Å²) in [7, 11) is 1.67. The number of fused-ring (bicyclic) bond motifs is 1. The highest BCUT2D eigenvalue weighted by Crippen LogP contribution is 2.26. The third-order valence-electron chi connectivity index (χ3n) is 5.10. The van der Waals surface area contributed by atoms with Crippen LogP contribution in [0.3, 0.4) is 0 Å². The summed E-state index contributed by atoms with van der Waals surface area (Å²) in [5.74, 6) is -0.0909. The first-order valence-corrected chi connectivity index (χ1v) is 9.73. The second-order valence-corrected chi connectivity index (χ2v) is 8.23. The van der Waals surface area contributed by atoms with Crippen molar-refractivity contribution in [2.45, 2.75) is 47.2 Å². The first-order valence-electron chi connectivity index (χ1n) is 8.92. The summed E-state index contributed by atoms with van der Waals surface area (Å²) in [6, 6.07) is 2.02. The Kier molecular flexibility index (Phi) is 5.35. The van der Waals surface area contributed by atoms with Crippen LogP contribution in [0.25, 0.3) is 10.2 Å². The molecule has 0 bridgehead atoms. The lowest BCUT2D eigenvalue weighted by Crippen LogP contribution is -2.25. The summed E-state index contributed by atoms with van der Waals surface area (Å²) < 4.78 is 8.76. The summed E-state index contributed by atoms with van der Waals surface area (Å²) in [5.41, 5.74) is 3.33. The third kappa shape index (κ3) is 3.37. The Morgan fingerprint density at radius 3 is 2.67 bits per heavy atom.